The highest BCUT2D eigenvalue weighted by Gasteiger charge is 2.27. The topological polar surface area (TPSA) is 56.5 Å². The number of hydrogen-bond acceptors (Lipinski definition) is 4. The van der Waals surface area contributed by atoms with Gasteiger partial charge in [-0.15, -0.1) is 0 Å². The van der Waals surface area contributed by atoms with E-state index in [1.165, 1.54) is 11.1 Å². The monoisotopic (exact) mass is 248 g/mol. The number of nitrogens with one attached hydrogen (secondary N) is 1. The lowest BCUT2D eigenvalue weighted by Crippen LogP contribution is -2.50. The molecule has 18 heavy (non-hydrogen) atoms. The summed E-state index contributed by atoms with van der Waals surface area (Å²) in [4.78, 5) is 10.1. The molecule has 4 heteroatoms. The predicted molar refractivity (Wildman–Crippen MR) is 69.5 cm³/mol. The molecule has 1 saturated heterocycles. The number of hydrogen-bond donors (Lipinski definition) is 2. The second kappa shape index (κ2) is 4.88. The number of fused-ring (bicyclic) bond motifs is 1. The van der Waals surface area contributed by atoms with Crippen molar-refractivity contribution in [2.45, 2.75) is 31.2 Å². The van der Waals surface area contributed by atoms with E-state index in [-0.39, 0.29) is 5.54 Å². The smallest absolute Gasteiger partial charge is 0.168 e. The molecule has 0 saturated carbocycles. The molecule has 1 aromatic carbocycles. The molecule has 0 aromatic heterocycles. The van der Waals surface area contributed by atoms with Crippen LogP contribution in [0.4, 0.5) is 0 Å². The summed E-state index contributed by atoms with van der Waals surface area (Å²) in [5.74, 6) is 0.849. The van der Waals surface area contributed by atoms with Crippen molar-refractivity contribution in [3.05, 3.63) is 29.3 Å². The summed E-state index contributed by atoms with van der Waals surface area (Å²) >= 11 is 0. The Morgan fingerprint density at radius 2 is 2.11 bits per heavy atom. The van der Waals surface area contributed by atoms with E-state index in [2.05, 4.69) is 17.4 Å². The third-order valence-corrected chi connectivity index (χ3v) is 3.88. The Balaban J connectivity index is 1.76. The Kier molecular flexibility index (Phi) is 3.24. The first-order valence-electron chi connectivity index (χ1n) is 6.66. The van der Waals surface area contributed by atoms with Crippen molar-refractivity contribution in [2.75, 3.05) is 19.7 Å². The Labute approximate surface area is 107 Å². The second-order valence-electron chi connectivity index (χ2n) is 5.39. The lowest BCUT2D eigenvalue weighted by atomic mass is 9.83. The highest BCUT2D eigenvalue weighted by molar-refractivity contribution is 5.38. The summed E-state index contributed by atoms with van der Waals surface area (Å²) in [5.41, 5.74) is 8.96. The molecule has 3 rings (SSSR count). The van der Waals surface area contributed by atoms with E-state index in [9.17, 15) is 0 Å². The first kappa shape index (κ1) is 12.0. The Morgan fingerprint density at radius 3 is 2.94 bits per heavy atom. The summed E-state index contributed by atoms with van der Waals surface area (Å²) in [7, 11) is 0. The first-order chi connectivity index (χ1) is 8.75. The molecule has 98 valence electrons. The number of rotatable bonds is 2. The SMILES string of the molecule is NC1(Cc2ccc3c(c2)CCOO3)CCNCC1. The molecule has 4 nitrogen and oxygen atoms in total. The molecular formula is C14H20N2O2. The van der Waals surface area contributed by atoms with Crippen molar-refractivity contribution >= 4 is 0 Å². The van der Waals surface area contributed by atoms with Gasteiger partial charge >= 0.3 is 0 Å². The van der Waals surface area contributed by atoms with E-state index in [4.69, 9.17) is 15.5 Å². The number of benzene rings is 1. The van der Waals surface area contributed by atoms with Crippen LogP contribution in [0.15, 0.2) is 18.2 Å². The van der Waals surface area contributed by atoms with Crippen molar-refractivity contribution in [3.8, 4) is 5.75 Å². The van der Waals surface area contributed by atoms with Crippen LogP contribution in [0.1, 0.15) is 24.0 Å². The molecular weight excluding hydrogens is 228 g/mol. The van der Waals surface area contributed by atoms with Crippen LogP contribution in [0.2, 0.25) is 0 Å². The fourth-order valence-electron chi connectivity index (χ4n) is 2.78. The molecule has 1 aromatic rings. The minimum absolute atomic E-state index is 0.0501. The van der Waals surface area contributed by atoms with Gasteiger partial charge in [0.1, 0.15) is 0 Å². The van der Waals surface area contributed by atoms with Gasteiger partial charge in [-0.1, -0.05) is 12.1 Å². The van der Waals surface area contributed by atoms with Crippen LogP contribution in [-0.4, -0.2) is 25.2 Å². The molecule has 2 aliphatic rings. The summed E-state index contributed by atoms with van der Waals surface area (Å²) in [6.07, 6.45) is 3.96. The molecule has 2 aliphatic heterocycles. The zero-order chi connectivity index (χ0) is 12.4. The van der Waals surface area contributed by atoms with E-state index in [1.807, 2.05) is 6.07 Å². The van der Waals surface area contributed by atoms with Crippen LogP contribution in [0.25, 0.3) is 0 Å². The van der Waals surface area contributed by atoms with E-state index in [1.54, 1.807) is 0 Å². The van der Waals surface area contributed by atoms with Gasteiger partial charge in [0.05, 0.1) is 6.61 Å². The van der Waals surface area contributed by atoms with Crippen LogP contribution in [0.3, 0.4) is 0 Å². The molecule has 3 N–H and O–H groups in total. The molecule has 0 bridgehead atoms. The van der Waals surface area contributed by atoms with Crippen LogP contribution in [-0.2, 0) is 17.7 Å². The number of piperidine rings is 1. The standard InChI is InChI=1S/C14H20N2O2/c15-14(4-6-16-7-5-14)10-11-1-2-13-12(9-11)3-8-17-18-13/h1-2,9,16H,3-8,10,15H2. The zero-order valence-electron chi connectivity index (χ0n) is 10.6. The molecule has 0 unspecified atom stereocenters. The molecule has 2 heterocycles. The van der Waals surface area contributed by atoms with Gasteiger partial charge in [0.25, 0.3) is 0 Å². The molecule has 0 spiro atoms. The second-order valence-corrected chi connectivity index (χ2v) is 5.39. The van der Waals surface area contributed by atoms with Gasteiger partial charge in [-0.25, -0.2) is 0 Å². The summed E-state index contributed by atoms with van der Waals surface area (Å²) in [6.45, 7) is 2.69. The van der Waals surface area contributed by atoms with Gasteiger partial charge in [-0.3, -0.25) is 0 Å². The van der Waals surface area contributed by atoms with E-state index >= 15 is 0 Å². The van der Waals surface area contributed by atoms with Crippen molar-refractivity contribution in [1.82, 2.24) is 5.32 Å². The fourth-order valence-corrected chi connectivity index (χ4v) is 2.78. The predicted octanol–water partition coefficient (Wildman–Crippen LogP) is 1.18. The minimum Gasteiger partial charge on any atom is -0.337 e. The van der Waals surface area contributed by atoms with Crippen molar-refractivity contribution < 1.29 is 9.78 Å². The number of nitrogens with two attached hydrogens (primary N) is 1. The Bertz CT molecular complexity index is 428. The molecule has 0 aliphatic carbocycles. The summed E-state index contributed by atoms with van der Waals surface area (Å²) < 4.78 is 0. The average molecular weight is 248 g/mol. The summed E-state index contributed by atoms with van der Waals surface area (Å²) in [6, 6.07) is 6.31. The normalized spacial score (nSPS) is 22.1. The van der Waals surface area contributed by atoms with Crippen molar-refractivity contribution in [2.24, 2.45) is 5.73 Å². The van der Waals surface area contributed by atoms with Crippen LogP contribution in [0, 0.1) is 0 Å². The maximum Gasteiger partial charge on any atom is 0.168 e. The molecule has 0 radical (unpaired) electrons. The quantitative estimate of drug-likeness (QED) is 0.772. The van der Waals surface area contributed by atoms with Gasteiger partial charge in [-0.05, 0) is 44.0 Å². The zero-order valence-corrected chi connectivity index (χ0v) is 10.6. The van der Waals surface area contributed by atoms with Gasteiger partial charge in [0.15, 0.2) is 5.75 Å². The van der Waals surface area contributed by atoms with E-state index < -0.39 is 0 Å². The highest BCUT2D eigenvalue weighted by Crippen LogP contribution is 2.27. The molecule has 1 fully saturated rings. The maximum absolute atomic E-state index is 6.47. The van der Waals surface area contributed by atoms with Gasteiger partial charge in [0.2, 0.25) is 0 Å². The summed E-state index contributed by atoms with van der Waals surface area (Å²) in [5, 5.41) is 3.36. The third-order valence-electron chi connectivity index (χ3n) is 3.88. The average Bonchev–Trinajstić information content (AvgIpc) is 2.39. The maximum atomic E-state index is 6.47. The fraction of sp³-hybridized carbons (Fsp3) is 0.571. The minimum atomic E-state index is -0.0501. The van der Waals surface area contributed by atoms with Crippen LogP contribution >= 0.6 is 0 Å². The van der Waals surface area contributed by atoms with E-state index in [0.29, 0.717) is 6.61 Å². The van der Waals surface area contributed by atoms with Crippen molar-refractivity contribution in [1.29, 1.82) is 0 Å². The lowest BCUT2D eigenvalue weighted by Gasteiger charge is -2.34. The third kappa shape index (κ3) is 2.51. The first-order valence-corrected chi connectivity index (χ1v) is 6.66. The Morgan fingerprint density at radius 1 is 1.28 bits per heavy atom. The molecule has 0 amide bonds. The van der Waals surface area contributed by atoms with Crippen LogP contribution < -0.4 is 15.9 Å². The van der Waals surface area contributed by atoms with E-state index in [0.717, 1.165) is 44.5 Å². The van der Waals surface area contributed by atoms with Gasteiger partial charge in [-0.2, -0.15) is 4.89 Å². The van der Waals surface area contributed by atoms with Crippen LogP contribution in [0.5, 0.6) is 5.75 Å². The van der Waals surface area contributed by atoms with Gasteiger partial charge in [0, 0.05) is 17.5 Å². The van der Waals surface area contributed by atoms with Gasteiger partial charge < -0.3 is 15.9 Å². The highest BCUT2D eigenvalue weighted by atomic mass is 17.2. The Hall–Kier alpha value is -1.10. The molecule has 0 atom stereocenters. The largest absolute Gasteiger partial charge is 0.337 e. The lowest BCUT2D eigenvalue weighted by molar-refractivity contribution is -0.215. The van der Waals surface area contributed by atoms with Crippen molar-refractivity contribution in [3.63, 3.8) is 0 Å².